The maximum Gasteiger partial charge on any atom is 0.307 e. The summed E-state index contributed by atoms with van der Waals surface area (Å²) in [6.07, 6.45) is 1.48. The Morgan fingerprint density at radius 1 is 1.78 bits per heavy atom. The van der Waals surface area contributed by atoms with Crippen molar-refractivity contribution in [3.05, 3.63) is 0 Å². The van der Waals surface area contributed by atoms with Crippen LogP contribution in [0.3, 0.4) is 0 Å². The lowest BCUT2D eigenvalue weighted by molar-refractivity contribution is -0.137. The Morgan fingerprint density at radius 3 is 3.00 bits per heavy atom. The van der Waals surface area contributed by atoms with Crippen LogP contribution in [-0.4, -0.2) is 12.6 Å². The normalized spacial score (nSPS) is 24.6. The van der Waals surface area contributed by atoms with E-state index in [4.69, 9.17) is 0 Å². The number of rotatable bonds is 0. The number of hydrogen-bond acceptors (Lipinski definition) is 2. The third kappa shape index (κ3) is 1.43. The molecule has 48 valence electrons. The summed E-state index contributed by atoms with van der Waals surface area (Å²) in [6.45, 7) is 0.246. The SMILES string of the molecule is O=C1CC(C#CF)CO1. The van der Waals surface area contributed by atoms with Gasteiger partial charge in [0, 0.05) is 0 Å². The third-order valence-electron chi connectivity index (χ3n) is 1.12. The van der Waals surface area contributed by atoms with Gasteiger partial charge < -0.3 is 4.74 Å². The Balaban J connectivity index is 2.45. The molecule has 0 amide bonds. The minimum Gasteiger partial charge on any atom is -0.464 e. The highest BCUT2D eigenvalue weighted by molar-refractivity contribution is 5.72. The standard InChI is InChI=1S/C6H5FO2/c7-2-1-5-3-6(8)9-4-5/h5H,3-4H2. The van der Waals surface area contributed by atoms with Crippen molar-refractivity contribution in [2.45, 2.75) is 6.42 Å². The molecule has 0 bridgehead atoms. The van der Waals surface area contributed by atoms with Crippen molar-refractivity contribution in [3.8, 4) is 12.1 Å². The fraction of sp³-hybridized carbons (Fsp3) is 0.500. The molecular weight excluding hydrogens is 123 g/mol. The van der Waals surface area contributed by atoms with E-state index >= 15 is 0 Å². The quantitative estimate of drug-likeness (QED) is 0.350. The fourth-order valence-electron chi connectivity index (χ4n) is 0.682. The number of hydrogen-bond donors (Lipinski definition) is 0. The molecule has 0 radical (unpaired) electrons. The molecule has 1 saturated heterocycles. The molecule has 9 heavy (non-hydrogen) atoms. The third-order valence-corrected chi connectivity index (χ3v) is 1.12. The Bertz CT molecular complexity index is 177. The van der Waals surface area contributed by atoms with E-state index in [1.165, 1.54) is 6.17 Å². The van der Waals surface area contributed by atoms with E-state index in [2.05, 4.69) is 10.7 Å². The second kappa shape index (κ2) is 2.49. The molecule has 0 aromatic heterocycles. The largest absolute Gasteiger partial charge is 0.464 e. The van der Waals surface area contributed by atoms with Crippen LogP contribution in [-0.2, 0) is 9.53 Å². The molecule has 1 unspecified atom stereocenters. The summed E-state index contributed by atoms with van der Waals surface area (Å²) in [4.78, 5) is 10.3. The molecular formula is C6H5FO2. The lowest BCUT2D eigenvalue weighted by atomic mass is 10.1. The summed E-state index contributed by atoms with van der Waals surface area (Å²) in [5.74, 6) is 1.70. The Labute approximate surface area is 52.0 Å². The van der Waals surface area contributed by atoms with E-state index < -0.39 is 0 Å². The Morgan fingerprint density at radius 2 is 2.56 bits per heavy atom. The number of halogens is 1. The van der Waals surface area contributed by atoms with Crippen molar-refractivity contribution in [1.82, 2.24) is 0 Å². The van der Waals surface area contributed by atoms with Crippen molar-refractivity contribution < 1.29 is 13.9 Å². The average Bonchev–Trinajstić information content (AvgIpc) is 2.17. The van der Waals surface area contributed by atoms with E-state index in [0.29, 0.717) is 0 Å². The van der Waals surface area contributed by atoms with Gasteiger partial charge in [0.05, 0.1) is 12.3 Å². The zero-order chi connectivity index (χ0) is 6.69. The van der Waals surface area contributed by atoms with E-state index in [1.807, 2.05) is 0 Å². The first kappa shape index (κ1) is 6.09. The molecule has 1 rings (SSSR count). The van der Waals surface area contributed by atoms with Gasteiger partial charge in [-0.25, -0.2) is 0 Å². The molecule has 3 heteroatoms. The van der Waals surface area contributed by atoms with Crippen molar-refractivity contribution in [2.75, 3.05) is 6.61 Å². The number of esters is 1. The molecule has 0 aliphatic carbocycles. The molecule has 0 aromatic rings. The first-order chi connectivity index (χ1) is 4.33. The van der Waals surface area contributed by atoms with Gasteiger partial charge >= 0.3 is 5.97 Å². The van der Waals surface area contributed by atoms with Gasteiger partial charge in [0.25, 0.3) is 0 Å². The lowest BCUT2D eigenvalue weighted by Crippen LogP contribution is -1.92. The number of carbonyl (C=O) groups excluding carboxylic acids is 1. The lowest BCUT2D eigenvalue weighted by Gasteiger charge is -1.87. The minimum absolute atomic E-state index is 0.220. The number of carbonyl (C=O) groups is 1. The van der Waals surface area contributed by atoms with Crippen LogP contribution in [0.4, 0.5) is 4.39 Å². The summed E-state index contributed by atoms with van der Waals surface area (Å²) >= 11 is 0. The second-order valence-corrected chi connectivity index (χ2v) is 1.82. The van der Waals surface area contributed by atoms with Crippen molar-refractivity contribution in [3.63, 3.8) is 0 Å². The zero-order valence-electron chi connectivity index (χ0n) is 4.69. The Kier molecular flexibility index (Phi) is 1.69. The predicted molar refractivity (Wildman–Crippen MR) is 27.9 cm³/mol. The van der Waals surface area contributed by atoms with Crippen LogP contribution in [0.15, 0.2) is 0 Å². The van der Waals surface area contributed by atoms with Crippen LogP contribution >= 0.6 is 0 Å². The van der Waals surface area contributed by atoms with Gasteiger partial charge in [-0.3, -0.25) is 4.79 Å². The highest BCUT2D eigenvalue weighted by Gasteiger charge is 2.21. The first-order valence-corrected chi connectivity index (χ1v) is 2.59. The minimum atomic E-state index is -0.289. The molecule has 1 aliphatic heterocycles. The highest BCUT2D eigenvalue weighted by atomic mass is 19.1. The average molecular weight is 128 g/mol. The maximum atomic E-state index is 11.2. The van der Waals surface area contributed by atoms with Crippen molar-refractivity contribution >= 4 is 5.97 Å². The summed E-state index contributed by atoms with van der Waals surface area (Å²) in [5, 5.41) is 0. The number of ether oxygens (including phenoxy) is 1. The van der Waals surface area contributed by atoms with Gasteiger partial charge in [-0.1, -0.05) is 5.92 Å². The van der Waals surface area contributed by atoms with Crippen LogP contribution in [0.2, 0.25) is 0 Å². The Hall–Kier alpha value is -1.04. The molecule has 1 atom stereocenters. The van der Waals surface area contributed by atoms with Crippen LogP contribution in [0.25, 0.3) is 0 Å². The molecule has 0 saturated carbocycles. The summed E-state index contributed by atoms with van der Waals surface area (Å²) in [6, 6.07) is 0. The van der Waals surface area contributed by atoms with E-state index in [9.17, 15) is 9.18 Å². The predicted octanol–water partition coefficient (Wildman–Crippen LogP) is 0.480. The maximum absolute atomic E-state index is 11.2. The van der Waals surface area contributed by atoms with E-state index in [-0.39, 0.29) is 24.9 Å². The fourth-order valence-corrected chi connectivity index (χ4v) is 0.682. The molecule has 1 fully saturated rings. The van der Waals surface area contributed by atoms with Gasteiger partial charge in [0.1, 0.15) is 12.8 Å². The van der Waals surface area contributed by atoms with Gasteiger partial charge in [0.15, 0.2) is 0 Å². The second-order valence-electron chi connectivity index (χ2n) is 1.82. The molecule has 0 N–H and O–H groups in total. The van der Waals surface area contributed by atoms with Gasteiger partial charge in [-0.05, 0) is 0 Å². The smallest absolute Gasteiger partial charge is 0.307 e. The highest BCUT2D eigenvalue weighted by Crippen LogP contribution is 2.11. The van der Waals surface area contributed by atoms with Gasteiger partial charge in [-0.2, -0.15) is 0 Å². The summed E-state index contributed by atoms with van der Waals surface area (Å²) < 4.78 is 15.8. The van der Waals surface area contributed by atoms with Crippen molar-refractivity contribution in [1.29, 1.82) is 0 Å². The molecule has 2 nitrogen and oxygen atoms in total. The van der Waals surface area contributed by atoms with Crippen molar-refractivity contribution in [2.24, 2.45) is 5.92 Å². The molecule has 0 aromatic carbocycles. The van der Waals surface area contributed by atoms with Crippen LogP contribution in [0, 0.1) is 18.0 Å². The van der Waals surface area contributed by atoms with Gasteiger partial charge in [-0.15, -0.1) is 4.39 Å². The zero-order valence-corrected chi connectivity index (χ0v) is 4.69. The van der Waals surface area contributed by atoms with Crippen LogP contribution < -0.4 is 0 Å². The first-order valence-electron chi connectivity index (χ1n) is 2.59. The van der Waals surface area contributed by atoms with Crippen LogP contribution in [0.5, 0.6) is 0 Å². The molecule has 1 heterocycles. The van der Waals surface area contributed by atoms with Crippen LogP contribution in [0.1, 0.15) is 6.42 Å². The van der Waals surface area contributed by atoms with E-state index in [0.717, 1.165) is 0 Å². The monoisotopic (exact) mass is 128 g/mol. The number of cyclic esters (lactones) is 1. The molecule has 0 spiro atoms. The molecule has 1 aliphatic rings. The van der Waals surface area contributed by atoms with Gasteiger partial charge in [0.2, 0.25) is 0 Å². The van der Waals surface area contributed by atoms with E-state index in [1.54, 1.807) is 0 Å². The summed E-state index contributed by atoms with van der Waals surface area (Å²) in [7, 11) is 0. The topological polar surface area (TPSA) is 26.3 Å². The summed E-state index contributed by atoms with van der Waals surface area (Å²) in [5.41, 5.74) is 0.